The van der Waals surface area contributed by atoms with E-state index in [1.807, 2.05) is 6.07 Å². The van der Waals surface area contributed by atoms with Crippen molar-refractivity contribution in [2.24, 2.45) is 0 Å². The van der Waals surface area contributed by atoms with Crippen LogP contribution in [-0.2, 0) is 0 Å². The molecule has 150 valence electrons. The normalized spacial score (nSPS) is 10.9. The van der Waals surface area contributed by atoms with Gasteiger partial charge in [-0.3, -0.25) is 0 Å². The minimum absolute atomic E-state index is 0.939. The molecule has 0 bridgehead atoms. The Labute approximate surface area is 190 Å². The third-order valence-corrected chi connectivity index (χ3v) is 6.32. The first-order chi connectivity index (χ1) is 15.3. The third kappa shape index (κ3) is 3.64. The fraction of sp³-hybridized carbons (Fsp3) is 0.0345. The summed E-state index contributed by atoms with van der Waals surface area (Å²) in [5.41, 5.74) is 0. The summed E-state index contributed by atoms with van der Waals surface area (Å²) in [6.45, 7) is 0. The molecule has 1 nitrogen and oxygen atoms in total. The van der Waals surface area contributed by atoms with Crippen LogP contribution < -0.4 is 4.74 Å². The Hall–Kier alpha value is -3.36. The molecule has 31 heavy (non-hydrogen) atoms. The molecule has 0 amide bonds. The first-order valence-electron chi connectivity index (χ1n) is 10.3. The summed E-state index contributed by atoms with van der Waals surface area (Å²) >= 11 is 3.62. The smallest absolute Gasteiger partial charge is 0.127 e. The molecule has 0 saturated heterocycles. The van der Waals surface area contributed by atoms with Gasteiger partial charge in [-0.05, 0) is 49.8 Å². The lowest BCUT2D eigenvalue weighted by Crippen LogP contribution is -1.86. The average molecular weight is 465 g/mol. The van der Waals surface area contributed by atoms with E-state index in [1.54, 1.807) is 7.11 Å². The largest absolute Gasteiger partial charge is 0.496 e. The van der Waals surface area contributed by atoms with Gasteiger partial charge in [0.2, 0.25) is 0 Å². The van der Waals surface area contributed by atoms with Crippen LogP contribution in [0.2, 0.25) is 0 Å². The van der Waals surface area contributed by atoms with Crippen molar-refractivity contribution >= 4 is 59.0 Å². The molecule has 0 heterocycles. The summed E-state index contributed by atoms with van der Waals surface area (Å²) in [6.07, 6.45) is 0. The molecule has 0 spiro atoms. The highest BCUT2D eigenvalue weighted by atomic mass is 79.9. The number of benzene rings is 6. The molecule has 0 aromatic heterocycles. The van der Waals surface area contributed by atoms with Gasteiger partial charge in [-0.1, -0.05) is 113 Å². The molecule has 6 rings (SSSR count). The summed E-state index contributed by atoms with van der Waals surface area (Å²) in [5.74, 6) is 0.939. The van der Waals surface area contributed by atoms with Gasteiger partial charge < -0.3 is 4.74 Å². The maximum Gasteiger partial charge on any atom is 0.127 e. The topological polar surface area (TPSA) is 9.23 Å². The van der Waals surface area contributed by atoms with Crippen LogP contribution in [0.3, 0.4) is 0 Å². The zero-order valence-corrected chi connectivity index (χ0v) is 18.8. The lowest BCUT2D eigenvalue weighted by molar-refractivity contribution is 0.420. The van der Waals surface area contributed by atoms with Crippen LogP contribution in [0, 0.1) is 0 Å². The van der Waals surface area contributed by atoms with Crippen molar-refractivity contribution in [3.05, 3.63) is 114 Å². The first kappa shape index (κ1) is 19.6. The van der Waals surface area contributed by atoms with E-state index in [-0.39, 0.29) is 0 Å². The van der Waals surface area contributed by atoms with Crippen LogP contribution in [0.15, 0.2) is 114 Å². The maximum atomic E-state index is 5.44. The monoisotopic (exact) mass is 464 g/mol. The molecule has 0 unspecified atom stereocenters. The fourth-order valence-electron chi connectivity index (χ4n) is 4.20. The highest BCUT2D eigenvalue weighted by molar-refractivity contribution is 9.10. The lowest BCUT2D eigenvalue weighted by atomic mass is 10.0. The quantitative estimate of drug-likeness (QED) is 0.221. The molecule has 0 aliphatic heterocycles. The second-order valence-corrected chi connectivity index (χ2v) is 8.32. The average Bonchev–Trinajstić information content (AvgIpc) is 2.84. The number of methoxy groups -OCH3 is 1. The van der Waals surface area contributed by atoms with Crippen molar-refractivity contribution in [2.75, 3.05) is 7.11 Å². The van der Waals surface area contributed by atoms with Gasteiger partial charge in [0.1, 0.15) is 5.75 Å². The Morgan fingerprint density at radius 1 is 0.484 bits per heavy atom. The number of halogens is 1. The highest BCUT2D eigenvalue weighted by Crippen LogP contribution is 2.33. The molecular formula is C29H21BrO. The molecule has 0 saturated carbocycles. The van der Waals surface area contributed by atoms with Crippen molar-refractivity contribution in [3.63, 3.8) is 0 Å². The molecule has 0 aliphatic rings. The molecule has 0 atom stereocenters. The van der Waals surface area contributed by atoms with E-state index >= 15 is 0 Å². The molecule has 0 radical (unpaired) electrons. The Morgan fingerprint density at radius 2 is 0.903 bits per heavy atom. The Balaban J connectivity index is 0.000000132. The molecule has 0 aliphatic carbocycles. The summed E-state index contributed by atoms with van der Waals surface area (Å²) in [6, 6.07) is 37.9. The van der Waals surface area contributed by atoms with Crippen LogP contribution in [-0.4, -0.2) is 7.11 Å². The van der Waals surface area contributed by atoms with Crippen molar-refractivity contribution in [1.29, 1.82) is 0 Å². The van der Waals surface area contributed by atoms with Gasteiger partial charge in [0.25, 0.3) is 0 Å². The van der Waals surface area contributed by atoms with Gasteiger partial charge in [0.15, 0.2) is 0 Å². The minimum atomic E-state index is 0.939. The Morgan fingerprint density at radius 3 is 1.48 bits per heavy atom. The van der Waals surface area contributed by atoms with E-state index in [4.69, 9.17) is 4.74 Å². The van der Waals surface area contributed by atoms with Gasteiger partial charge in [-0.15, -0.1) is 0 Å². The van der Waals surface area contributed by atoms with Crippen LogP contribution in [0.1, 0.15) is 0 Å². The van der Waals surface area contributed by atoms with E-state index in [1.165, 1.54) is 43.1 Å². The van der Waals surface area contributed by atoms with Crippen LogP contribution in [0.5, 0.6) is 5.75 Å². The summed E-state index contributed by atoms with van der Waals surface area (Å²) in [7, 11) is 1.72. The molecule has 0 fully saturated rings. The van der Waals surface area contributed by atoms with Gasteiger partial charge in [0, 0.05) is 9.86 Å². The lowest BCUT2D eigenvalue weighted by Gasteiger charge is -2.08. The number of hydrogen-bond acceptors (Lipinski definition) is 1. The van der Waals surface area contributed by atoms with Crippen molar-refractivity contribution in [2.45, 2.75) is 0 Å². The predicted molar refractivity (Wildman–Crippen MR) is 137 cm³/mol. The highest BCUT2D eigenvalue weighted by Gasteiger charge is 2.05. The van der Waals surface area contributed by atoms with Gasteiger partial charge in [-0.25, -0.2) is 0 Å². The van der Waals surface area contributed by atoms with E-state index < -0.39 is 0 Å². The third-order valence-electron chi connectivity index (χ3n) is 5.67. The number of rotatable bonds is 1. The van der Waals surface area contributed by atoms with E-state index in [0.717, 1.165) is 10.2 Å². The second kappa shape index (κ2) is 8.41. The van der Waals surface area contributed by atoms with Crippen molar-refractivity contribution < 1.29 is 4.74 Å². The van der Waals surface area contributed by atoms with Gasteiger partial charge in [-0.2, -0.15) is 0 Å². The minimum Gasteiger partial charge on any atom is -0.496 e. The Kier molecular flexibility index (Phi) is 5.31. The molecule has 2 heteroatoms. The summed E-state index contributed by atoms with van der Waals surface area (Å²) in [5, 5.41) is 10.1. The predicted octanol–water partition coefficient (Wildman–Crippen LogP) is 8.76. The number of fused-ring (bicyclic) bond motifs is 6. The van der Waals surface area contributed by atoms with Crippen molar-refractivity contribution in [1.82, 2.24) is 0 Å². The van der Waals surface area contributed by atoms with Crippen LogP contribution >= 0.6 is 15.9 Å². The van der Waals surface area contributed by atoms with Gasteiger partial charge >= 0.3 is 0 Å². The second-order valence-electron chi connectivity index (χ2n) is 7.47. The molecule has 6 aromatic rings. The standard InChI is InChI=1S/C15H12O.C14H9Br/c1-16-15-10-11-6-2-3-7-12(11)13-8-4-5-9-14(13)15;15-14-9-10-5-1-2-6-11(10)12-7-3-4-8-13(12)14/h2-10H,1H3;1-9H. The van der Waals surface area contributed by atoms with E-state index in [0.29, 0.717) is 0 Å². The first-order valence-corrected chi connectivity index (χ1v) is 11.1. The van der Waals surface area contributed by atoms with E-state index in [2.05, 4.69) is 119 Å². The number of ether oxygens (including phenoxy) is 1. The maximum absolute atomic E-state index is 5.44. The van der Waals surface area contributed by atoms with Crippen LogP contribution in [0.25, 0.3) is 43.1 Å². The Bertz CT molecular complexity index is 1530. The van der Waals surface area contributed by atoms with Gasteiger partial charge in [0.05, 0.1) is 7.11 Å². The van der Waals surface area contributed by atoms with Crippen molar-refractivity contribution in [3.8, 4) is 5.75 Å². The summed E-state index contributed by atoms with van der Waals surface area (Å²) in [4.78, 5) is 0. The zero-order valence-electron chi connectivity index (χ0n) is 17.2. The summed E-state index contributed by atoms with van der Waals surface area (Å²) < 4.78 is 6.60. The van der Waals surface area contributed by atoms with Crippen LogP contribution in [0.4, 0.5) is 0 Å². The molecule has 6 aromatic carbocycles. The zero-order chi connectivity index (χ0) is 21.2. The SMILES string of the molecule is Brc1cc2ccccc2c2ccccc12.COc1cc2ccccc2c2ccccc12. The van der Waals surface area contributed by atoms with E-state index in [9.17, 15) is 0 Å². The molecular weight excluding hydrogens is 444 g/mol. The fourth-order valence-corrected chi connectivity index (χ4v) is 4.79. The number of hydrogen-bond donors (Lipinski definition) is 0. The molecule has 0 N–H and O–H groups in total.